The molecule has 0 aliphatic rings. The van der Waals surface area contributed by atoms with Gasteiger partial charge in [-0.2, -0.15) is 0 Å². The van der Waals surface area contributed by atoms with E-state index in [4.69, 9.17) is 5.73 Å². The lowest BCUT2D eigenvalue weighted by Gasteiger charge is -2.04. The Bertz CT molecular complexity index is 642. The van der Waals surface area contributed by atoms with Crippen molar-refractivity contribution in [3.8, 4) is 10.7 Å². The predicted molar refractivity (Wildman–Crippen MR) is 74.6 cm³/mol. The number of aromatic nitrogens is 4. The van der Waals surface area contributed by atoms with Crippen LogP contribution in [0.5, 0.6) is 0 Å². The van der Waals surface area contributed by atoms with Gasteiger partial charge >= 0.3 is 0 Å². The lowest BCUT2D eigenvalue weighted by Crippen LogP contribution is -2.04. The van der Waals surface area contributed by atoms with E-state index in [0.717, 1.165) is 21.8 Å². The summed E-state index contributed by atoms with van der Waals surface area (Å²) in [5.74, 6) is 0.804. The number of hydrogen-bond donors (Lipinski definition) is 1. The SMILES string of the molecule is NCc1ccc(Cn2nnnc2-c2cccs2)cc1. The normalized spacial score (nSPS) is 10.8. The molecule has 2 N–H and O–H groups in total. The molecular weight excluding hydrogens is 258 g/mol. The highest BCUT2D eigenvalue weighted by molar-refractivity contribution is 7.13. The number of hydrogen-bond acceptors (Lipinski definition) is 5. The molecule has 6 heteroatoms. The maximum Gasteiger partial charge on any atom is 0.192 e. The maximum absolute atomic E-state index is 5.59. The molecule has 0 bridgehead atoms. The van der Waals surface area contributed by atoms with Crippen molar-refractivity contribution in [1.29, 1.82) is 0 Å². The van der Waals surface area contributed by atoms with Crippen molar-refractivity contribution in [2.75, 3.05) is 0 Å². The van der Waals surface area contributed by atoms with E-state index in [1.54, 1.807) is 11.3 Å². The number of benzene rings is 1. The minimum absolute atomic E-state index is 0.561. The van der Waals surface area contributed by atoms with E-state index in [9.17, 15) is 0 Å². The van der Waals surface area contributed by atoms with Crippen LogP contribution in [0.2, 0.25) is 0 Å². The van der Waals surface area contributed by atoms with Crippen LogP contribution < -0.4 is 5.73 Å². The van der Waals surface area contributed by atoms with Crippen molar-refractivity contribution >= 4 is 11.3 Å². The molecule has 0 spiro atoms. The van der Waals surface area contributed by atoms with E-state index in [2.05, 4.69) is 27.7 Å². The van der Waals surface area contributed by atoms with Crippen molar-refractivity contribution in [2.45, 2.75) is 13.1 Å². The van der Waals surface area contributed by atoms with E-state index < -0.39 is 0 Å². The summed E-state index contributed by atoms with van der Waals surface area (Å²) in [6.07, 6.45) is 0. The van der Waals surface area contributed by atoms with Crippen LogP contribution in [0.3, 0.4) is 0 Å². The second-order valence-corrected chi connectivity index (χ2v) is 5.11. The molecule has 0 fully saturated rings. The van der Waals surface area contributed by atoms with Crippen molar-refractivity contribution in [1.82, 2.24) is 20.2 Å². The van der Waals surface area contributed by atoms with Crippen molar-refractivity contribution in [2.24, 2.45) is 5.73 Å². The first-order valence-corrected chi connectivity index (χ1v) is 6.82. The van der Waals surface area contributed by atoms with Gasteiger partial charge in [-0.1, -0.05) is 30.3 Å². The van der Waals surface area contributed by atoms with E-state index in [-0.39, 0.29) is 0 Å². The molecule has 0 unspecified atom stereocenters. The molecule has 0 aliphatic carbocycles. The Morgan fingerprint density at radius 1 is 1.11 bits per heavy atom. The number of tetrazole rings is 1. The molecule has 2 heterocycles. The minimum Gasteiger partial charge on any atom is -0.326 e. The number of rotatable bonds is 4. The first kappa shape index (κ1) is 12.0. The maximum atomic E-state index is 5.59. The number of thiophene rings is 1. The zero-order valence-corrected chi connectivity index (χ0v) is 11.0. The average molecular weight is 271 g/mol. The lowest BCUT2D eigenvalue weighted by molar-refractivity contribution is 0.653. The van der Waals surface area contributed by atoms with Gasteiger partial charge in [-0.3, -0.25) is 0 Å². The van der Waals surface area contributed by atoms with Crippen LogP contribution in [0.4, 0.5) is 0 Å². The molecule has 96 valence electrons. The van der Waals surface area contributed by atoms with E-state index in [1.165, 1.54) is 0 Å². The third kappa shape index (κ3) is 2.54. The summed E-state index contributed by atoms with van der Waals surface area (Å²) in [5.41, 5.74) is 7.87. The molecule has 0 amide bonds. The predicted octanol–water partition coefficient (Wildman–Crippen LogP) is 1.91. The quantitative estimate of drug-likeness (QED) is 0.787. The molecule has 3 aromatic rings. The van der Waals surface area contributed by atoms with Gasteiger partial charge in [0.2, 0.25) is 0 Å². The van der Waals surface area contributed by atoms with Crippen molar-refractivity contribution < 1.29 is 0 Å². The highest BCUT2D eigenvalue weighted by Gasteiger charge is 2.09. The summed E-state index contributed by atoms with van der Waals surface area (Å²) >= 11 is 1.63. The molecule has 19 heavy (non-hydrogen) atoms. The molecule has 0 saturated carbocycles. The highest BCUT2D eigenvalue weighted by Crippen LogP contribution is 2.22. The molecule has 0 aliphatic heterocycles. The fourth-order valence-corrected chi connectivity index (χ4v) is 2.56. The summed E-state index contributed by atoms with van der Waals surface area (Å²) in [5, 5.41) is 13.9. The van der Waals surface area contributed by atoms with Crippen LogP contribution in [-0.2, 0) is 13.1 Å². The highest BCUT2D eigenvalue weighted by atomic mass is 32.1. The van der Waals surface area contributed by atoms with Crippen LogP contribution in [0, 0.1) is 0 Å². The van der Waals surface area contributed by atoms with Gasteiger partial charge in [-0.15, -0.1) is 16.4 Å². The molecule has 5 nitrogen and oxygen atoms in total. The Labute approximate surface area is 114 Å². The van der Waals surface area contributed by atoms with Gasteiger partial charge in [0.25, 0.3) is 0 Å². The largest absolute Gasteiger partial charge is 0.326 e. The fraction of sp³-hybridized carbons (Fsp3) is 0.154. The monoisotopic (exact) mass is 271 g/mol. The van der Waals surface area contributed by atoms with E-state index >= 15 is 0 Å². The van der Waals surface area contributed by atoms with E-state index in [0.29, 0.717) is 13.1 Å². The van der Waals surface area contributed by atoms with Crippen LogP contribution >= 0.6 is 11.3 Å². The van der Waals surface area contributed by atoms with Crippen molar-refractivity contribution in [3.63, 3.8) is 0 Å². The summed E-state index contributed by atoms with van der Waals surface area (Å²) < 4.78 is 1.81. The third-order valence-corrected chi connectivity index (χ3v) is 3.73. The first-order chi connectivity index (χ1) is 9.36. The Morgan fingerprint density at radius 2 is 1.89 bits per heavy atom. The van der Waals surface area contributed by atoms with E-state index in [1.807, 2.05) is 34.3 Å². The van der Waals surface area contributed by atoms with Gasteiger partial charge in [0.15, 0.2) is 5.82 Å². The number of nitrogens with zero attached hydrogens (tertiary/aromatic N) is 4. The first-order valence-electron chi connectivity index (χ1n) is 5.95. The fourth-order valence-electron chi connectivity index (χ4n) is 1.85. The van der Waals surface area contributed by atoms with Crippen LogP contribution in [-0.4, -0.2) is 20.2 Å². The lowest BCUT2D eigenvalue weighted by atomic mass is 10.1. The van der Waals surface area contributed by atoms with Gasteiger partial charge in [0.05, 0.1) is 11.4 Å². The smallest absolute Gasteiger partial charge is 0.192 e. The van der Waals surface area contributed by atoms with Gasteiger partial charge < -0.3 is 5.73 Å². The van der Waals surface area contributed by atoms with Gasteiger partial charge in [0, 0.05) is 6.54 Å². The number of nitrogens with two attached hydrogens (primary N) is 1. The van der Waals surface area contributed by atoms with Crippen LogP contribution in [0.25, 0.3) is 10.7 Å². The molecule has 0 radical (unpaired) electrons. The third-order valence-electron chi connectivity index (χ3n) is 2.86. The molecule has 2 aromatic heterocycles. The van der Waals surface area contributed by atoms with Crippen molar-refractivity contribution in [3.05, 3.63) is 52.9 Å². The Balaban J connectivity index is 1.85. The molecule has 0 atom stereocenters. The summed E-state index contributed by atoms with van der Waals surface area (Å²) in [6, 6.07) is 12.2. The molecular formula is C13H13N5S. The van der Waals surface area contributed by atoms with Gasteiger partial charge in [0.1, 0.15) is 0 Å². The summed E-state index contributed by atoms with van der Waals surface area (Å²) in [4.78, 5) is 1.07. The Hall–Kier alpha value is -2.05. The Kier molecular flexibility index (Phi) is 3.35. The molecule has 0 saturated heterocycles. The second-order valence-electron chi connectivity index (χ2n) is 4.16. The topological polar surface area (TPSA) is 69.6 Å². The summed E-state index contributed by atoms with van der Waals surface area (Å²) in [7, 11) is 0. The molecule has 3 rings (SSSR count). The zero-order valence-electron chi connectivity index (χ0n) is 10.2. The summed E-state index contributed by atoms with van der Waals surface area (Å²) in [6.45, 7) is 1.22. The molecule has 1 aromatic carbocycles. The second kappa shape index (κ2) is 5.29. The zero-order chi connectivity index (χ0) is 13.1. The van der Waals surface area contributed by atoms with Crippen LogP contribution in [0.1, 0.15) is 11.1 Å². The van der Waals surface area contributed by atoms with Crippen LogP contribution in [0.15, 0.2) is 41.8 Å². The average Bonchev–Trinajstić information content (AvgIpc) is 3.10. The van der Waals surface area contributed by atoms with Gasteiger partial charge in [-0.25, -0.2) is 4.68 Å². The minimum atomic E-state index is 0.561. The Morgan fingerprint density at radius 3 is 2.58 bits per heavy atom. The van der Waals surface area contributed by atoms with Gasteiger partial charge in [-0.05, 0) is 33.0 Å². The standard InChI is InChI=1S/C13H13N5S/c14-8-10-3-5-11(6-4-10)9-18-13(15-16-17-18)12-2-1-7-19-12/h1-7H,8-9,14H2.